The highest BCUT2D eigenvalue weighted by Crippen LogP contribution is 2.47. The average Bonchev–Trinajstić information content (AvgIpc) is 3.11. The molecule has 2 rings (SSSR count). The van der Waals surface area contributed by atoms with Crippen LogP contribution in [0.4, 0.5) is 11.8 Å². The number of thioether (sulfide) groups is 1. The number of anilines is 2. The molecule has 1 saturated carbocycles. The maximum absolute atomic E-state index is 6.07. The first-order valence-corrected chi connectivity index (χ1v) is 7.35. The van der Waals surface area contributed by atoms with Crippen LogP contribution in [-0.4, -0.2) is 34.1 Å². The van der Waals surface area contributed by atoms with Gasteiger partial charge in [0.15, 0.2) is 5.82 Å². The molecule has 0 saturated heterocycles. The summed E-state index contributed by atoms with van der Waals surface area (Å²) >= 11 is 7.98. The van der Waals surface area contributed by atoms with Crippen LogP contribution in [0, 0.1) is 0 Å². The van der Waals surface area contributed by atoms with Gasteiger partial charge < -0.3 is 10.6 Å². The summed E-state index contributed by atoms with van der Waals surface area (Å²) in [6.07, 6.45) is 6.32. The molecule has 17 heavy (non-hydrogen) atoms. The minimum atomic E-state index is 0.395. The Hall–Kier alpha value is -0.680. The molecule has 94 valence electrons. The Morgan fingerprint density at radius 3 is 2.82 bits per heavy atom. The molecule has 0 radical (unpaired) electrons. The Morgan fingerprint density at radius 1 is 1.47 bits per heavy atom. The minimum Gasteiger partial charge on any atom is -0.367 e. The number of halogens is 1. The van der Waals surface area contributed by atoms with E-state index in [4.69, 9.17) is 11.6 Å². The van der Waals surface area contributed by atoms with Crippen LogP contribution in [-0.2, 0) is 0 Å². The van der Waals surface area contributed by atoms with Crippen LogP contribution in [0.15, 0.2) is 6.20 Å². The van der Waals surface area contributed by atoms with E-state index in [1.165, 1.54) is 12.8 Å². The van der Waals surface area contributed by atoms with Crippen molar-refractivity contribution in [2.45, 2.75) is 24.5 Å². The van der Waals surface area contributed by atoms with Gasteiger partial charge in [-0.05, 0) is 26.0 Å². The molecule has 0 aromatic carbocycles. The Bertz CT molecular complexity index is 395. The average molecular weight is 273 g/mol. The molecule has 0 amide bonds. The fourth-order valence-electron chi connectivity index (χ4n) is 1.57. The predicted octanol–water partition coefficient (Wildman–Crippen LogP) is 2.87. The largest absolute Gasteiger partial charge is 0.367 e. The van der Waals surface area contributed by atoms with E-state index in [0.717, 1.165) is 18.9 Å². The number of hydrogen-bond donors (Lipinski definition) is 2. The third kappa shape index (κ3) is 3.16. The molecule has 1 fully saturated rings. The zero-order chi connectivity index (χ0) is 12.3. The Kier molecular flexibility index (Phi) is 3.99. The molecule has 1 aliphatic carbocycles. The predicted molar refractivity (Wildman–Crippen MR) is 75.2 cm³/mol. The summed E-state index contributed by atoms with van der Waals surface area (Å²) in [7, 11) is 0. The summed E-state index contributed by atoms with van der Waals surface area (Å²) in [5, 5.41) is 6.97. The fourth-order valence-corrected chi connectivity index (χ4v) is 2.46. The number of hydrogen-bond acceptors (Lipinski definition) is 5. The lowest BCUT2D eigenvalue weighted by molar-refractivity contribution is 0.936. The molecule has 0 atom stereocenters. The van der Waals surface area contributed by atoms with Gasteiger partial charge in [-0.15, -0.1) is 0 Å². The molecule has 1 aromatic heterocycles. The van der Waals surface area contributed by atoms with E-state index in [-0.39, 0.29) is 0 Å². The second-order valence-electron chi connectivity index (χ2n) is 4.16. The number of nitrogens with zero attached hydrogens (tertiary/aromatic N) is 2. The van der Waals surface area contributed by atoms with E-state index < -0.39 is 0 Å². The fraction of sp³-hybridized carbons (Fsp3) is 0.636. The van der Waals surface area contributed by atoms with Crippen molar-refractivity contribution in [2.75, 3.05) is 30.0 Å². The van der Waals surface area contributed by atoms with Gasteiger partial charge in [0.2, 0.25) is 5.95 Å². The van der Waals surface area contributed by atoms with Crippen molar-refractivity contribution in [1.82, 2.24) is 9.97 Å². The summed E-state index contributed by atoms with van der Waals surface area (Å²) < 4.78 is 0.395. The first-order chi connectivity index (χ1) is 8.19. The standard InChI is InChI=1S/C11H17ClN4S/c1-3-13-10-14-6-8(12)9(16-10)15-7-11(17-2)4-5-11/h6H,3-5,7H2,1-2H3,(H2,13,14,15,16). The zero-order valence-corrected chi connectivity index (χ0v) is 11.7. The molecule has 1 heterocycles. The summed E-state index contributed by atoms with van der Waals surface area (Å²) in [6.45, 7) is 3.73. The van der Waals surface area contributed by atoms with Crippen molar-refractivity contribution in [3.8, 4) is 0 Å². The van der Waals surface area contributed by atoms with Crippen molar-refractivity contribution < 1.29 is 0 Å². The summed E-state index contributed by atoms with van der Waals surface area (Å²) in [4.78, 5) is 8.46. The second kappa shape index (κ2) is 5.31. The van der Waals surface area contributed by atoms with Gasteiger partial charge in [-0.2, -0.15) is 16.7 Å². The first kappa shape index (κ1) is 12.8. The molecule has 0 spiro atoms. The highest BCUT2D eigenvalue weighted by atomic mass is 35.5. The van der Waals surface area contributed by atoms with Crippen LogP contribution < -0.4 is 10.6 Å². The van der Waals surface area contributed by atoms with Gasteiger partial charge in [0.25, 0.3) is 0 Å². The normalized spacial score (nSPS) is 16.6. The van der Waals surface area contributed by atoms with E-state index in [9.17, 15) is 0 Å². The topological polar surface area (TPSA) is 49.8 Å². The molecule has 0 bridgehead atoms. The maximum atomic E-state index is 6.07. The van der Waals surface area contributed by atoms with Gasteiger partial charge in [-0.1, -0.05) is 11.6 Å². The Morgan fingerprint density at radius 2 is 2.24 bits per heavy atom. The van der Waals surface area contributed by atoms with Gasteiger partial charge in [0.05, 0.1) is 6.20 Å². The van der Waals surface area contributed by atoms with Gasteiger partial charge in [0, 0.05) is 17.8 Å². The Balaban J connectivity index is 2.01. The molecular weight excluding hydrogens is 256 g/mol. The van der Waals surface area contributed by atoms with E-state index in [2.05, 4.69) is 26.9 Å². The van der Waals surface area contributed by atoms with Crippen LogP contribution in [0.25, 0.3) is 0 Å². The van der Waals surface area contributed by atoms with Gasteiger partial charge in [0.1, 0.15) is 5.02 Å². The number of rotatable bonds is 6. The number of aromatic nitrogens is 2. The van der Waals surface area contributed by atoms with Crippen molar-refractivity contribution in [3.05, 3.63) is 11.2 Å². The van der Waals surface area contributed by atoms with Crippen molar-refractivity contribution in [3.63, 3.8) is 0 Å². The van der Waals surface area contributed by atoms with E-state index in [0.29, 0.717) is 15.7 Å². The summed E-state index contributed by atoms with van der Waals surface area (Å²) in [5.74, 6) is 1.34. The van der Waals surface area contributed by atoms with Gasteiger partial charge >= 0.3 is 0 Å². The highest BCUT2D eigenvalue weighted by Gasteiger charge is 2.41. The van der Waals surface area contributed by atoms with Crippen LogP contribution in [0.2, 0.25) is 5.02 Å². The molecule has 1 aromatic rings. The van der Waals surface area contributed by atoms with Crippen LogP contribution >= 0.6 is 23.4 Å². The molecule has 6 heteroatoms. The SMILES string of the molecule is CCNc1ncc(Cl)c(NCC2(SC)CC2)n1. The molecule has 2 N–H and O–H groups in total. The lowest BCUT2D eigenvalue weighted by Crippen LogP contribution is -2.18. The molecular formula is C11H17ClN4S. The third-order valence-corrected chi connectivity index (χ3v) is 4.59. The lowest BCUT2D eigenvalue weighted by atomic mass is 10.4. The lowest BCUT2D eigenvalue weighted by Gasteiger charge is -2.14. The van der Waals surface area contributed by atoms with Crippen molar-refractivity contribution in [2.24, 2.45) is 0 Å². The highest BCUT2D eigenvalue weighted by molar-refractivity contribution is 8.00. The summed E-state index contributed by atoms with van der Waals surface area (Å²) in [5.41, 5.74) is 0. The van der Waals surface area contributed by atoms with E-state index in [1.807, 2.05) is 18.7 Å². The van der Waals surface area contributed by atoms with Crippen LogP contribution in [0.3, 0.4) is 0 Å². The maximum Gasteiger partial charge on any atom is 0.224 e. The van der Waals surface area contributed by atoms with Gasteiger partial charge in [-0.3, -0.25) is 0 Å². The Labute approximate surface area is 111 Å². The number of nitrogens with one attached hydrogen (secondary N) is 2. The summed E-state index contributed by atoms with van der Waals surface area (Å²) in [6, 6.07) is 0. The molecule has 4 nitrogen and oxygen atoms in total. The van der Waals surface area contributed by atoms with E-state index in [1.54, 1.807) is 6.20 Å². The second-order valence-corrected chi connectivity index (χ2v) is 5.84. The molecule has 0 unspecified atom stereocenters. The van der Waals surface area contributed by atoms with Gasteiger partial charge in [-0.25, -0.2) is 4.98 Å². The minimum absolute atomic E-state index is 0.395. The molecule has 1 aliphatic rings. The van der Waals surface area contributed by atoms with Crippen molar-refractivity contribution >= 4 is 35.1 Å². The molecule has 0 aliphatic heterocycles. The van der Waals surface area contributed by atoms with Crippen molar-refractivity contribution in [1.29, 1.82) is 0 Å². The smallest absolute Gasteiger partial charge is 0.224 e. The zero-order valence-electron chi connectivity index (χ0n) is 10.1. The first-order valence-electron chi connectivity index (χ1n) is 5.74. The third-order valence-electron chi connectivity index (χ3n) is 2.90. The quantitative estimate of drug-likeness (QED) is 0.834. The monoisotopic (exact) mass is 272 g/mol. The van der Waals surface area contributed by atoms with Crippen LogP contribution in [0.5, 0.6) is 0 Å². The van der Waals surface area contributed by atoms with Crippen LogP contribution in [0.1, 0.15) is 19.8 Å². The van der Waals surface area contributed by atoms with E-state index >= 15 is 0 Å².